The molecule has 0 saturated heterocycles. The van der Waals surface area contributed by atoms with E-state index in [0.29, 0.717) is 12.4 Å². The monoisotopic (exact) mass is 281 g/mol. The average Bonchev–Trinajstić information content (AvgIpc) is 2.33. The molecule has 4 nitrogen and oxygen atoms in total. The fraction of sp³-hybridized carbons (Fsp3) is 0.273. The highest BCUT2D eigenvalue weighted by atomic mass is 79.9. The highest BCUT2D eigenvalue weighted by Gasteiger charge is 2.14. The normalized spacial score (nSPS) is 14.9. The first-order chi connectivity index (χ1) is 7.77. The molecular weight excluding hydrogens is 270 g/mol. The number of carbonyl (C=O) groups is 1. The second-order valence-corrected chi connectivity index (χ2v) is 4.30. The number of hydrogen-bond acceptors (Lipinski definition) is 3. The molecule has 0 aliphatic carbocycles. The number of aliphatic imine (C=N–C) groups is 1. The highest BCUT2D eigenvalue weighted by molar-refractivity contribution is 9.10. The lowest BCUT2D eigenvalue weighted by Gasteiger charge is -2.14. The molecule has 0 radical (unpaired) electrons. The molecule has 1 aliphatic heterocycles. The first kappa shape index (κ1) is 11.1. The lowest BCUT2D eigenvalue weighted by atomic mass is 10.3. The number of para-hydroxylation sites is 1. The Morgan fingerprint density at radius 3 is 2.94 bits per heavy atom. The molecule has 1 aromatic rings. The third-order valence-corrected chi connectivity index (χ3v) is 2.93. The predicted octanol–water partition coefficient (Wildman–Crippen LogP) is 1.78. The van der Waals surface area contributed by atoms with Crippen LogP contribution in [0, 0.1) is 0 Å². The molecular formula is C11H12BrN3O. The summed E-state index contributed by atoms with van der Waals surface area (Å²) >= 11 is 3.37. The van der Waals surface area contributed by atoms with E-state index >= 15 is 0 Å². The number of amidine groups is 1. The Morgan fingerprint density at radius 2 is 2.25 bits per heavy atom. The first-order valence-electron chi connectivity index (χ1n) is 5.11. The van der Waals surface area contributed by atoms with Gasteiger partial charge in [-0.15, -0.1) is 0 Å². The van der Waals surface area contributed by atoms with Gasteiger partial charge in [-0.1, -0.05) is 12.1 Å². The zero-order valence-corrected chi connectivity index (χ0v) is 10.3. The summed E-state index contributed by atoms with van der Waals surface area (Å²) in [6.07, 6.45) is 0.978. The minimum absolute atomic E-state index is 0.188. The molecule has 0 spiro atoms. The van der Waals surface area contributed by atoms with E-state index in [1.807, 2.05) is 24.3 Å². The van der Waals surface area contributed by atoms with E-state index in [2.05, 4.69) is 31.6 Å². The Labute approximate surface area is 102 Å². The van der Waals surface area contributed by atoms with E-state index in [-0.39, 0.29) is 5.91 Å². The molecule has 5 heteroatoms. The van der Waals surface area contributed by atoms with Crippen LogP contribution in [-0.2, 0) is 4.79 Å². The number of nitrogens with one attached hydrogen (secondary N) is 2. The lowest BCUT2D eigenvalue weighted by Crippen LogP contribution is -2.39. The molecule has 1 aliphatic rings. The van der Waals surface area contributed by atoms with Crippen molar-refractivity contribution < 1.29 is 4.79 Å². The van der Waals surface area contributed by atoms with Crippen molar-refractivity contribution in [1.29, 1.82) is 0 Å². The van der Waals surface area contributed by atoms with Crippen LogP contribution in [0.3, 0.4) is 0 Å². The van der Waals surface area contributed by atoms with Gasteiger partial charge in [0, 0.05) is 17.6 Å². The van der Waals surface area contributed by atoms with Crippen molar-refractivity contribution in [2.24, 2.45) is 4.99 Å². The van der Waals surface area contributed by atoms with Gasteiger partial charge in [-0.05, 0) is 34.5 Å². The van der Waals surface area contributed by atoms with Crippen LogP contribution < -0.4 is 10.6 Å². The Kier molecular flexibility index (Phi) is 3.56. The van der Waals surface area contributed by atoms with Crippen molar-refractivity contribution in [3.63, 3.8) is 0 Å². The Balaban J connectivity index is 2.07. The zero-order valence-electron chi connectivity index (χ0n) is 8.66. The molecule has 0 atom stereocenters. The molecule has 2 N–H and O–H groups in total. The first-order valence-corrected chi connectivity index (χ1v) is 5.91. The van der Waals surface area contributed by atoms with E-state index in [1.54, 1.807) is 0 Å². The number of rotatable bonds is 2. The Bertz CT molecular complexity index is 431. The molecule has 1 heterocycles. The van der Waals surface area contributed by atoms with Crippen LogP contribution in [0.25, 0.3) is 0 Å². The van der Waals surface area contributed by atoms with Crippen molar-refractivity contribution >= 4 is 33.4 Å². The number of benzene rings is 1. The van der Waals surface area contributed by atoms with E-state index in [9.17, 15) is 4.79 Å². The van der Waals surface area contributed by atoms with Crippen molar-refractivity contribution in [2.75, 3.05) is 18.4 Å². The quantitative estimate of drug-likeness (QED) is 0.868. The van der Waals surface area contributed by atoms with Crippen LogP contribution in [0.4, 0.5) is 5.69 Å². The minimum Gasteiger partial charge on any atom is -0.366 e. The molecule has 0 bridgehead atoms. The fourth-order valence-electron chi connectivity index (χ4n) is 1.43. The van der Waals surface area contributed by atoms with E-state index in [4.69, 9.17) is 0 Å². The second-order valence-electron chi connectivity index (χ2n) is 3.44. The number of halogens is 1. The average molecular weight is 282 g/mol. The molecule has 84 valence electrons. The summed E-state index contributed by atoms with van der Waals surface area (Å²) < 4.78 is 0.861. The van der Waals surface area contributed by atoms with Gasteiger partial charge < -0.3 is 10.6 Å². The maximum absolute atomic E-state index is 11.8. The maximum Gasteiger partial charge on any atom is 0.290 e. The highest BCUT2D eigenvalue weighted by Crippen LogP contribution is 2.20. The third-order valence-electron chi connectivity index (χ3n) is 2.23. The van der Waals surface area contributed by atoms with Gasteiger partial charge in [0.05, 0.1) is 5.69 Å². The maximum atomic E-state index is 11.8. The molecule has 2 rings (SSSR count). The zero-order chi connectivity index (χ0) is 11.4. The third kappa shape index (κ3) is 2.61. The minimum atomic E-state index is -0.188. The summed E-state index contributed by atoms with van der Waals surface area (Å²) in [5, 5.41) is 5.78. The van der Waals surface area contributed by atoms with Gasteiger partial charge in [0.2, 0.25) is 0 Å². The number of hydrogen-bond donors (Lipinski definition) is 2. The molecule has 1 amide bonds. The smallest absolute Gasteiger partial charge is 0.290 e. The number of amides is 1. The van der Waals surface area contributed by atoms with Crippen LogP contribution in [-0.4, -0.2) is 24.8 Å². The molecule has 1 aromatic carbocycles. The van der Waals surface area contributed by atoms with Gasteiger partial charge in [0.15, 0.2) is 5.84 Å². The van der Waals surface area contributed by atoms with Gasteiger partial charge in [-0.2, -0.15) is 0 Å². The summed E-state index contributed by atoms with van der Waals surface area (Å²) in [5.74, 6) is 0.230. The number of anilines is 1. The van der Waals surface area contributed by atoms with Crippen molar-refractivity contribution in [3.8, 4) is 0 Å². The summed E-state index contributed by atoms with van der Waals surface area (Å²) in [4.78, 5) is 15.9. The van der Waals surface area contributed by atoms with Gasteiger partial charge in [-0.3, -0.25) is 9.79 Å². The molecule has 16 heavy (non-hydrogen) atoms. The molecule has 0 aromatic heterocycles. The molecule has 0 saturated carbocycles. The van der Waals surface area contributed by atoms with Crippen LogP contribution in [0.15, 0.2) is 33.7 Å². The Hall–Kier alpha value is -1.36. The van der Waals surface area contributed by atoms with Gasteiger partial charge in [0.25, 0.3) is 5.91 Å². The van der Waals surface area contributed by atoms with Crippen LogP contribution in [0.2, 0.25) is 0 Å². The fourth-order valence-corrected chi connectivity index (χ4v) is 1.81. The van der Waals surface area contributed by atoms with E-state index in [1.165, 1.54) is 0 Å². The number of carbonyl (C=O) groups excluding carboxylic acids is 1. The van der Waals surface area contributed by atoms with E-state index < -0.39 is 0 Å². The van der Waals surface area contributed by atoms with Crippen LogP contribution in [0.5, 0.6) is 0 Å². The molecule has 0 fully saturated rings. The predicted molar refractivity (Wildman–Crippen MR) is 67.7 cm³/mol. The standard InChI is InChI=1S/C11H12BrN3O/c12-8-4-1-2-5-9(8)15-11(16)10-13-6-3-7-14-10/h1-2,4-5H,3,6-7H2,(H,13,14)(H,15,16). The van der Waals surface area contributed by atoms with Crippen molar-refractivity contribution in [3.05, 3.63) is 28.7 Å². The largest absolute Gasteiger partial charge is 0.366 e. The van der Waals surface area contributed by atoms with Gasteiger partial charge >= 0.3 is 0 Å². The molecule has 0 unspecified atom stereocenters. The summed E-state index contributed by atoms with van der Waals surface area (Å²) in [6, 6.07) is 7.49. The van der Waals surface area contributed by atoms with Crippen molar-refractivity contribution in [1.82, 2.24) is 5.32 Å². The summed E-state index contributed by atoms with van der Waals surface area (Å²) in [5.41, 5.74) is 0.752. The SMILES string of the molecule is O=C(Nc1ccccc1Br)C1=NCCCN1. The lowest BCUT2D eigenvalue weighted by molar-refractivity contribution is -0.110. The van der Waals surface area contributed by atoms with Crippen LogP contribution in [0.1, 0.15) is 6.42 Å². The van der Waals surface area contributed by atoms with Gasteiger partial charge in [0.1, 0.15) is 0 Å². The topological polar surface area (TPSA) is 53.5 Å². The van der Waals surface area contributed by atoms with E-state index in [0.717, 1.165) is 23.1 Å². The van der Waals surface area contributed by atoms with Crippen LogP contribution >= 0.6 is 15.9 Å². The number of nitrogens with zero attached hydrogens (tertiary/aromatic N) is 1. The van der Waals surface area contributed by atoms with Crippen molar-refractivity contribution in [2.45, 2.75) is 6.42 Å². The summed E-state index contributed by atoms with van der Waals surface area (Å²) in [7, 11) is 0. The second kappa shape index (κ2) is 5.12. The Morgan fingerprint density at radius 1 is 1.44 bits per heavy atom. The van der Waals surface area contributed by atoms with Gasteiger partial charge in [-0.25, -0.2) is 0 Å². The summed E-state index contributed by atoms with van der Waals surface area (Å²) in [6.45, 7) is 1.52.